The molecule has 0 unspecified atom stereocenters. The molecule has 3 heterocycles. The summed E-state index contributed by atoms with van der Waals surface area (Å²) in [7, 11) is -3.93. The maximum absolute atomic E-state index is 14.7. The highest BCUT2D eigenvalue weighted by molar-refractivity contribution is 7.91. The van der Waals surface area contributed by atoms with Gasteiger partial charge in [-0.2, -0.15) is 4.98 Å². The molecule has 3 aromatic rings. The number of fused-ring (bicyclic) bond motifs is 3. The standard InChI is InChI=1S/C40H50N6O7S/c1-25(2)46-31-18-12-16-29(35(41)48)34(31)43-38(46)53-28-21-32-33(47)23-40(37(50)44-54(51,52)39(3)19-20-39)22-26(40)13-8-5-4-6-11-17-30(36(49)45(32)24-28)42-27-14-9-7-10-15-27/h7-10,12-16,18,25-26,28,30,32,42H,4-6,11,17,19-24H2,1-3H3,(H2,41,48)(H,44,50)/b13-8-/t26-,28-,30+,32+,40-/m1/s1. The molecule has 288 valence electrons. The number of nitrogens with one attached hydrogen (secondary N) is 2. The van der Waals surface area contributed by atoms with E-state index in [2.05, 4.69) is 10.0 Å². The van der Waals surface area contributed by atoms with Crippen LogP contribution in [-0.4, -0.2) is 75.9 Å². The molecule has 2 aliphatic heterocycles. The Morgan fingerprint density at radius 3 is 2.50 bits per heavy atom. The minimum atomic E-state index is -3.93. The number of nitrogens with zero attached hydrogens (tertiary/aromatic N) is 3. The molecule has 0 bridgehead atoms. The van der Waals surface area contributed by atoms with E-state index in [9.17, 15) is 27.6 Å². The van der Waals surface area contributed by atoms with Crippen molar-refractivity contribution in [2.24, 2.45) is 17.1 Å². The number of carbonyl (C=O) groups is 4. The van der Waals surface area contributed by atoms with Gasteiger partial charge in [-0.15, -0.1) is 0 Å². The number of ether oxygens (including phenoxy) is 1. The van der Waals surface area contributed by atoms with E-state index in [0.29, 0.717) is 36.7 Å². The number of allylic oxidation sites excluding steroid dienone is 2. The van der Waals surface area contributed by atoms with Crippen LogP contribution in [0.2, 0.25) is 0 Å². The van der Waals surface area contributed by atoms with Crippen LogP contribution in [0.1, 0.15) is 101 Å². The highest BCUT2D eigenvalue weighted by Crippen LogP contribution is 2.57. The topological polar surface area (TPSA) is 183 Å². The van der Waals surface area contributed by atoms with Crippen LogP contribution in [0.3, 0.4) is 0 Å². The van der Waals surface area contributed by atoms with Crippen LogP contribution in [0.5, 0.6) is 6.01 Å². The van der Waals surface area contributed by atoms with E-state index in [0.717, 1.165) is 31.4 Å². The van der Waals surface area contributed by atoms with Crippen molar-refractivity contribution >= 4 is 50.2 Å². The second-order valence-electron chi connectivity index (χ2n) is 16.0. The molecule has 7 rings (SSSR count). The predicted molar refractivity (Wildman–Crippen MR) is 204 cm³/mol. The normalized spacial score (nSPS) is 27.7. The number of hydrogen-bond donors (Lipinski definition) is 3. The van der Waals surface area contributed by atoms with Crippen LogP contribution in [-0.2, 0) is 24.4 Å². The highest BCUT2D eigenvalue weighted by Gasteiger charge is 2.62. The van der Waals surface area contributed by atoms with E-state index < -0.39 is 50.2 Å². The summed E-state index contributed by atoms with van der Waals surface area (Å²) >= 11 is 0. The lowest BCUT2D eigenvalue weighted by Gasteiger charge is -2.30. The minimum absolute atomic E-state index is 0.0848. The Morgan fingerprint density at radius 1 is 1.04 bits per heavy atom. The molecular formula is C40H50N6O7S. The summed E-state index contributed by atoms with van der Waals surface area (Å²) < 4.78 is 36.2. The number of benzene rings is 2. The summed E-state index contributed by atoms with van der Waals surface area (Å²) in [4.78, 5) is 61.8. The number of sulfonamides is 1. The molecule has 3 amide bonds. The first kappa shape index (κ1) is 37.6. The predicted octanol–water partition coefficient (Wildman–Crippen LogP) is 5.03. The quantitative estimate of drug-likeness (QED) is 0.252. The molecule has 3 fully saturated rings. The Hall–Kier alpha value is -4.72. The summed E-state index contributed by atoms with van der Waals surface area (Å²) in [6, 6.07) is 13.2. The molecule has 1 saturated heterocycles. The molecule has 1 aromatic heterocycles. The Bertz CT molecular complexity index is 2090. The van der Waals surface area contributed by atoms with Crippen molar-refractivity contribution in [2.75, 3.05) is 11.9 Å². The van der Waals surface area contributed by atoms with Crippen molar-refractivity contribution < 1.29 is 32.3 Å². The summed E-state index contributed by atoms with van der Waals surface area (Å²) in [6.07, 6.45) is 8.41. The van der Waals surface area contributed by atoms with Crippen molar-refractivity contribution in [3.05, 3.63) is 66.2 Å². The van der Waals surface area contributed by atoms with Gasteiger partial charge in [-0.05, 0) is 89.5 Å². The Balaban J connectivity index is 1.22. The number of carbonyl (C=O) groups excluding carboxylic acids is 4. The second kappa shape index (κ2) is 14.5. The number of anilines is 1. The van der Waals surface area contributed by atoms with E-state index in [1.165, 1.54) is 0 Å². The van der Waals surface area contributed by atoms with Crippen LogP contribution in [0.4, 0.5) is 5.69 Å². The number of imidazole rings is 1. The average molecular weight is 759 g/mol. The number of aromatic nitrogens is 2. The lowest BCUT2D eigenvalue weighted by molar-refractivity contribution is -0.139. The molecular weight excluding hydrogens is 709 g/mol. The molecule has 0 radical (unpaired) electrons. The Labute approximate surface area is 316 Å². The van der Waals surface area contributed by atoms with Gasteiger partial charge in [0.25, 0.3) is 11.9 Å². The van der Waals surface area contributed by atoms with Crippen molar-refractivity contribution in [1.82, 2.24) is 19.2 Å². The molecule has 14 heteroatoms. The van der Waals surface area contributed by atoms with Gasteiger partial charge in [0.2, 0.25) is 21.8 Å². The van der Waals surface area contributed by atoms with E-state index in [1.54, 1.807) is 24.0 Å². The molecule has 13 nitrogen and oxygen atoms in total. The summed E-state index contributed by atoms with van der Waals surface area (Å²) in [5.41, 5.74) is 6.55. The Kier molecular flexibility index (Phi) is 10.1. The largest absolute Gasteiger partial charge is 0.459 e. The SMILES string of the molecule is CC(C)n1c(O[C@@H]2C[C@H]3C(=O)C[C@]4(C(=O)NS(=O)(=O)C5(C)CC5)C[C@H]4/C=C\CCCCC[C@H](Nc4ccccc4)C(=O)N3C2)nc2c(C(N)=O)cccc21. The van der Waals surface area contributed by atoms with Gasteiger partial charge in [-0.3, -0.25) is 28.5 Å². The maximum atomic E-state index is 14.7. The summed E-state index contributed by atoms with van der Waals surface area (Å²) in [5.74, 6) is -2.15. The van der Waals surface area contributed by atoms with Crippen LogP contribution in [0, 0.1) is 11.3 Å². The lowest BCUT2D eigenvalue weighted by atomic mass is 9.91. The number of primary amides is 1. The molecule has 2 aromatic carbocycles. The van der Waals surface area contributed by atoms with Crippen molar-refractivity contribution in [3.8, 4) is 6.01 Å². The van der Waals surface area contributed by atoms with Gasteiger partial charge in [0.15, 0.2) is 5.78 Å². The van der Waals surface area contributed by atoms with E-state index in [4.69, 9.17) is 15.5 Å². The van der Waals surface area contributed by atoms with E-state index >= 15 is 0 Å². The average Bonchev–Trinajstić information content (AvgIpc) is 3.95. The fourth-order valence-corrected chi connectivity index (χ4v) is 9.38. The van der Waals surface area contributed by atoms with E-state index in [1.807, 2.05) is 67.0 Å². The van der Waals surface area contributed by atoms with E-state index in [-0.39, 0.29) is 54.6 Å². The third kappa shape index (κ3) is 7.24. The molecule has 4 N–H and O–H groups in total. The zero-order valence-electron chi connectivity index (χ0n) is 31.1. The fraction of sp³-hybridized carbons (Fsp3) is 0.525. The maximum Gasteiger partial charge on any atom is 0.297 e. The van der Waals surface area contributed by atoms with Gasteiger partial charge in [-0.1, -0.05) is 49.3 Å². The van der Waals surface area contributed by atoms with Crippen molar-refractivity contribution in [1.29, 1.82) is 0 Å². The zero-order valence-corrected chi connectivity index (χ0v) is 31.9. The first-order chi connectivity index (χ1) is 25.7. The lowest BCUT2D eigenvalue weighted by Crippen LogP contribution is -2.49. The Morgan fingerprint density at radius 2 is 1.80 bits per heavy atom. The molecule has 0 spiro atoms. The first-order valence-corrected chi connectivity index (χ1v) is 20.6. The first-order valence-electron chi connectivity index (χ1n) is 19.1. The third-order valence-corrected chi connectivity index (χ3v) is 13.9. The molecule has 54 heavy (non-hydrogen) atoms. The number of hydrogen-bond acceptors (Lipinski definition) is 9. The monoisotopic (exact) mass is 758 g/mol. The van der Waals surface area contributed by atoms with Gasteiger partial charge in [0, 0.05) is 24.6 Å². The van der Waals surface area contributed by atoms with Crippen LogP contribution >= 0.6 is 0 Å². The number of Topliss-reactive ketones (excluding diaryl/α,β-unsaturated/α-hetero) is 1. The smallest absolute Gasteiger partial charge is 0.297 e. The second-order valence-corrected chi connectivity index (χ2v) is 18.2. The number of rotatable bonds is 9. The third-order valence-electron chi connectivity index (χ3n) is 11.7. The highest BCUT2D eigenvalue weighted by atomic mass is 32.2. The van der Waals surface area contributed by atoms with Crippen LogP contribution in [0.25, 0.3) is 11.0 Å². The molecule has 2 aliphatic carbocycles. The van der Waals surface area contributed by atoms with Crippen molar-refractivity contribution in [2.45, 2.75) is 114 Å². The van der Waals surface area contributed by atoms with Crippen molar-refractivity contribution in [3.63, 3.8) is 0 Å². The van der Waals surface area contributed by atoms with Gasteiger partial charge >= 0.3 is 0 Å². The number of nitrogens with two attached hydrogens (primary N) is 1. The zero-order chi connectivity index (χ0) is 38.4. The molecule has 2 saturated carbocycles. The molecule has 4 aliphatic rings. The van der Waals surface area contributed by atoms with Gasteiger partial charge in [-0.25, -0.2) is 8.42 Å². The summed E-state index contributed by atoms with van der Waals surface area (Å²) in [5, 5.41) is 3.41. The van der Waals surface area contributed by atoms with Crippen LogP contribution in [0.15, 0.2) is 60.7 Å². The van der Waals surface area contributed by atoms with Gasteiger partial charge in [0.05, 0.1) is 33.8 Å². The number of para-hydroxylation sites is 2. The molecule has 5 atom stereocenters. The minimum Gasteiger partial charge on any atom is -0.459 e. The van der Waals surface area contributed by atoms with Crippen LogP contribution < -0.4 is 20.5 Å². The fourth-order valence-electron chi connectivity index (χ4n) is 8.05. The number of ketones is 1. The number of amides is 3. The van der Waals surface area contributed by atoms with Gasteiger partial charge < -0.3 is 20.7 Å². The van der Waals surface area contributed by atoms with Gasteiger partial charge in [0.1, 0.15) is 17.7 Å². The summed E-state index contributed by atoms with van der Waals surface area (Å²) in [6.45, 7) is 5.63.